The second-order valence-electron chi connectivity index (χ2n) is 2.00. The summed E-state index contributed by atoms with van der Waals surface area (Å²) in [5.41, 5.74) is 1.14. The molecule has 1 unspecified atom stereocenters. The van der Waals surface area contributed by atoms with Gasteiger partial charge in [0.2, 0.25) is 0 Å². The second kappa shape index (κ2) is 2.35. The van der Waals surface area contributed by atoms with E-state index in [1.165, 1.54) is 0 Å². The van der Waals surface area contributed by atoms with Crippen LogP contribution >= 0.6 is 0 Å². The van der Waals surface area contributed by atoms with Crippen molar-refractivity contribution in [2.45, 2.75) is 6.92 Å². The van der Waals surface area contributed by atoms with Crippen molar-refractivity contribution in [1.29, 1.82) is 0 Å². The van der Waals surface area contributed by atoms with Gasteiger partial charge < -0.3 is 0 Å². The van der Waals surface area contributed by atoms with E-state index in [2.05, 4.69) is 0 Å². The molecule has 0 saturated heterocycles. The molecule has 50 valence electrons. The van der Waals surface area contributed by atoms with Crippen LogP contribution in [0.3, 0.4) is 0 Å². The SMILES string of the molecule is CC1=CN(C)S(=O)C=C1. The number of nitrogens with zero attached hydrogens (tertiary/aromatic N) is 1. The molecule has 1 aliphatic heterocycles. The Morgan fingerprint density at radius 3 is 2.78 bits per heavy atom. The molecular weight excluding hydrogens is 134 g/mol. The maximum atomic E-state index is 10.8. The Labute approximate surface area is 57.4 Å². The zero-order valence-electron chi connectivity index (χ0n) is 5.50. The van der Waals surface area contributed by atoms with Crippen molar-refractivity contribution in [2.75, 3.05) is 7.05 Å². The minimum atomic E-state index is -0.929. The second-order valence-corrected chi connectivity index (χ2v) is 3.40. The molecule has 0 aromatic heterocycles. The largest absolute Gasteiger partial charge is 0.298 e. The molecule has 0 N–H and O–H groups in total. The van der Waals surface area contributed by atoms with E-state index in [9.17, 15) is 4.21 Å². The highest BCUT2D eigenvalue weighted by molar-refractivity contribution is 7.85. The summed E-state index contributed by atoms with van der Waals surface area (Å²) in [5, 5.41) is 1.68. The van der Waals surface area contributed by atoms with Gasteiger partial charge in [0.05, 0.1) is 0 Å². The van der Waals surface area contributed by atoms with Crippen LogP contribution in [0.2, 0.25) is 0 Å². The predicted molar refractivity (Wildman–Crippen MR) is 38.8 cm³/mol. The van der Waals surface area contributed by atoms with Gasteiger partial charge in [-0.3, -0.25) is 4.31 Å². The highest BCUT2D eigenvalue weighted by Crippen LogP contribution is 2.07. The molecular formula is C6H9NOS. The molecule has 3 heteroatoms. The average Bonchev–Trinajstić information content (AvgIpc) is 1.80. The van der Waals surface area contributed by atoms with Gasteiger partial charge in [-0.1, -0.05) is 0 Å². The molecule has 1 heterocycles. The maximum absolute atomic E-state index is 10.8. The summed E-state index contributed by atoms with van der Waals surface area (Å²) >= 11 is 0. The lowest BCUT2D eigenvalue weighted by Crippen LogP contribution is -2.14. The van der Waals surface area contributed by atoms with E-state index >= 15 is 0 Å². The topological polar surface area (TPSA) is 20.3 Å². The van der Waals surface area contributed by atoms with E-state index in [0.29, 0.717) is 0 Å². The molecule has 0 fully saturated rings. The number of hydrogen-bond acceptors (Lipinski definition) is 1. The smallest absolute Gasteiger partial charge is 0.144 e. The minimum Gasteiger partial charge on any atom is -0.298 e. The van der Waals surface area contributed by atoms with Crippen LogP contribution in [0.15, 0.2) is 23.3 Å². The third-order valence-electron chi connectivity index (χ3n) is 1.12. The van der Waals surface area contributed by atoms with Crippen LogP contribution < -0.4 is 0 Å². The normalized spacial score (nSPS) is 26.2. The van der Waals surface area contributed by atoms with Crippen LogP contribution in [-0.2, 0) is 11.0 Å². The standard InChI is InChI=1S/C6H9NOS/c1-6-3-4-9(8)7(2)5-6/h3-5H,1-2H3. The van der Waals surface area contributed by atoms with Gasteiger partial charge in [-0.15, -0.1) is 0 Å². The Balaban J connectivity index is 2.82. The molecule has 0 bridgehead atoms. The average molecular weight is 143 g/mol. The number of allylic oxidation sites excluding steroid dienone is 2. The molecule has 0 radical (unpaired) electrons. The first-order valence-electron chi connectivity index (χ1n) is 2.70. The van der Waals surface area contributed by atoms with E-state index in [1.807, 2.05) is 19.2 Å². The maximum Gasteiger partial charge on any atom is 0.144 e. The Hall–Kier alpha value is -0.570. The van der Waals surface area contributed by atoms with E-state index in [4.69, 9.17) is 0 Å². The summed E-state index contributed by atoms with van der Waals surface area (Å²) in [5.74, 6) is 0. The van der Waals surface area contributed by atoms with Crippen molar-refractivity contribution in [1.82, 2.24) is 4.31 Å². The van der Waals surface area contributed by atoms with Gasteiger partial charge in [-0.05, 0) is 18.6 Å². The fourth-order valence-corrected chi connectivity index (χ4v) is 1.44. The molecule has 1 atom stereocenters. The van der Waals surface area contributed by atoms with Crippen molar-refractivity contribution < 1.29 is 4.21 Å². The van der Waals surface area contributed by atoms with Gasteiger partial charge in [-0.25, -0.2) is 4.21 Å². The van der Waals surface area contributed by atoms with E-state index in [1.54, 1.807) is 16.8 Å². The van der Waals surface area contributed by atoms with Gasteiger partial charge in [-0.2, -0.15) is 0 Å². The Bertz CT molecular complexity index is 195. The van der Waals surface area contributed by atoms with E-state index in [0.717, 1.165) is 5.57 Å². The summed E-state index contributed by atoms with van der Waals surface area (Å²) in [6.07, 6.45) is 3.71. The minimum absolute atomic E-state index is 0.929. The first-order valence-corrected chi connectivity index (χ1v) is 3.87. The van der Waals surface area contributed by atoms with Crippen LogP contribution in [-0.4, -0.2) is 15.6 Å². The van der Waals surface area contributed by atoms with E-state index < -0.39 is 11.0 Å². The van der Waals surface area contributed by atoms with Crippen molar-refractivity contribution in [3.8, 4) is 0 Å². The summed E-state index contributed by atoms with van der Waals surface area (Å²) in [6.45, 7) is 1.98. The molecule has 0 spiro atoms. The highest BCUT2D eigenvalue weighted by atomic mass is 32.2. The summed E-state index contributed by atoms with van der Waals surface area (Å²) in [6, 6.07) is 0. The van der Waals surface area contributed by atoms with E-state index in [-0.39, 0.29) is 0 Å². The molecule has 1 rings (SSSR count). The molecule has 2 nitrogen and oxygen atoms in total. The predicted octanol–water partition coefficient (Wildman–Crippen LogP) is 1.01. The quantitative estimate of drug-likeness (QED) is 0.495. The number of rotatable bonds is 0. The third kappa shape index (κ3) is 1.42. The lowest BCUT2D eigenvalue weighted by molar-refractivity contribution is 0.633. The first-order chi connectivity index (χ1) is 4.20. The van der Waals surface area contributed by atoms with Gasteiger partial charge in [0.25, 0.3) is 0 Å². The molecule has 0 aromatic rings. The summed E-state index contributed by atoms with van der Waals surface area (Å²) < 4.78 is 12.5. The molecule has 0 amide bonds. The van der Waals surface area contributed by atoms with Gasteiger partial charge in [0, 0.05) is 18.7 Å². The van der Waals surface area contributed by atoms with Crippen LogP contribution in [0.25, 0.3) is 0 Å². The van der Waals surface area contributed by atoms with Crippen LogP contribution in [0.4, 0.5) is 0 Å². The van der Waals surface area contributed by atoms with Crippen LogP contribution in [0.1, 0.15) is 6.92 Å². The summed E-state index contributed by atoms with van der Waals surface area (Å²) in [4.78, 5) is 0. The monoisotopic (exact) mass is 143 g/mol. The van der Waals surface area contributed by atoms with Crippen molar-refractivity contribution in [3.63, 3.8) is 0 Å². The van der Waals surface area contributed by atoms with Gasteiger partial charge in [0.1, 0.15) is 11.0 Å². The zero-order chi connectivity index (χ0) is 6.85. The lowest BCUT2D eigenvalue weighted by Gasteiger charge is -2.13. The van der Waals surface area contributed by atoms with Crippen molar-refractivity contribution >= 4 is 11.0 Å². The molecule has 9 heavy (non-hydrogen) atoms. The van der Waals surface area contributed by atoms with Crippen molar-refractivity contribution in [2.24, 2.45) is 0 Å². The zero-order valence-corrected chi connectivity index (χ0v) is 6.31. The number of hydrogen-bond donors (Lipinski definition) is 0. The fraction of sp³-hybridized carbons (Fsp3) is 0.333. The molecule has 0 aromatic carbocycles. The molecule has 0 aliphatic carbocycles. The third-order valence-corrected chi connectivity index (χ3v) is 2.16. The Morgan fingerprint density at radius 2 is 2.33 bits per heavy atom. The Kier molecular flexibility index (Phi) is 1.71. The first kappa shape index (κ1) is 6.55. The van der Waals surface area contributed by atoms with Gasteiger partial charge in [0.15, 0.2) is 0 Å². The van der Waals surface area contributed by atoms with Crippen LogP contribution in [0, 0.1) is 0 Å². The van der Waals surface area contributed by atoms with Crippen LogP contribution in [0.5, 0.6) is 0 Å². The molecule has 1 aliphatic rings. The highest BCUT2D eigenvalue weighted by Gasteiger charge is 2.02. The Morgan fingerprint density at radius 1 is 1.67 bits per heavy atom. The van der Waals surface area contributed by atoms with Gasteiger partial charge >= 0.3 is 0 Å². The van der Waals surface area contributed by atoms with Crippen molar-refractivity contribution in [3.05, 3.63) is 23.3 Å². The fourth-order valence-electron chi connectivity index (χ4n) is 0.643. The summed E-state index contributed by atoms with van der Waals surface area (Å²) in [7, 11) is 0.865. The molecule has 0 saturated carbocycles. The lowest BCUT2D eigenvalue weighted by atomic mass is 10.3.